The number of hydrogen-bond acceptors (Lipinski definition) is 4. The third kappa shape index (κ3) is 4.22. The van der Waals surface area contributed by atoms with Crippen LogP contribution < -0.4 is 16.0 Å². The maximum atomic E-state index is 13.0. The van der Waals surface area contributed by atoms with Crippen molar-refractivity contribution >= 4 is 18.0 Å². The highest BCUT2D eigenvalue weighted by molar-refractivity contribution is 6.06. The molecule has 0 aliphatic carbocycles. The fraction of sp³-hybridized carbons (Fsp3) is 0.353. The molecule has 2 amide bonds. The first kappa shape index (κ1) is 19.5. The zero-order chi connectivity index (χ0) is 19.4. The SMILES string of the molecule is CCC(=O)NC1(C(=O)NCc2cccc(C(F)(F)F)c2C)C=NC=CN1. The Kier molecular flexibility index (Phi) is 5.69. The number of rotatable bonds is 5. The number of alkyl halides is 3. The van der Waals surface area contributed by atoms with E-state index < -0.39 is 23.3 Å². The molecule has 0 saturated carbocycles. The zero-order valence-corrected chi connectivity index (χ0v) is 14.3. The molecule has 26 heavy (non-hydrogen) atoms. The molecule has 140 valence electrons. The Balaban J connectivity index is 2.18. The summed E-state index contributed by atoms with van der Waals surface area (Å²) >= 11 is 0. The van der Waals surface area contributed by atoms with Crippen molar-refractivity contribution in [1.29, 1.82) is 0 Å². The molecule has 1 aromatic rings. The average Bonchev–Trinajstić information content (AvgIpc) is 2.60. The summed E-state index contributed by atoms with van der Waals surface area (Å²) in [4.78, 5) is 28.2. The summed E-state index contributed by atoms with van der Waals surface area (Å²) in [6.45, 7) is 2.85. The van der Waals surface area contributed by atoms with Gasteiger partial charge in [-0.25, -0.2) is 0 Å². The number of amides is 2. The summed E-state index contributed by atoms with van der Waals surface area (Å²) in [6, 6.07) is 3.78. The van der Waals surface area contributed by atoms with Gasteiger partial charge in [-0.1, -0.05) is 19.1 Å². The highest BCUT2D eigenvalue weighted by Crippen LogP contribution is 2.32. The van der Waals surface area contributed by atoms with E-state index in [-0.39, 0.29) is 24.4 Å². The van der Waals surface area contributed by atoms with E-state index in [0.29, 0.717) is 5.56 Å². The fourth-order valence-corrected chi connectivity index (χ4v) is 2.46. The maximum Gasteiger partial charge on any atom is 0.416 e. The highest BCUT2D eigenvalue weighted by Gasteiger charge is 2.38. The van der Waals surface area contributed by atoms with Crippen LogP contribution >= 0.6 is 0 Å². The first-order valence-corrected chi connectivity index (χ1v) is 7.91. The topological polar surface area (TPSA) is 82.6 Å². The van der Waals surface area contributed by atoms with Crippen molar-refractivity contribution in [3.8, 4) is 0 Å². The molecule has 2 rings (SSSR count). The van der Waals surface area contributed by atoms with Gasteiger partial charge in [0.2, 0.25) is 11.6 Å². The van der Waals surface area contributed by atoms with Gasteiger partial charge in [0.15, 0.2) is 0 Å². The second-order valence-corrected chi connectivity index (χ2v) is 5.72. The van der Waals surface area contributed by atoms with Crippen LogP contribution in [0.1, 0.15) is 30.0 Å². The molecule has 0 radical (unpaired) electrons. The summed E-state index contributed by atoms with van der Waals surface area (Å²) < 4.78 is 39.0. The number of nitrogens with zero attached hydrogens (tertiary/aromatic N) is 1. The quantitative estimate of drug-likeness (QED) is 0.743. The molecule has 1 heterocycles. The Morgan fingerprint density at radius 2 is 2.04 bits per heavy atom. The Hall–Kier alpha value is -2.84. The molecule has 1 unspecified atom stereocenters. The van der Waals surface area contributed by atoms with Gasteiger partial charge in [0, 0.05) is 25.4 Å². The van der Waals surface area contributed by atoms with Crippen LogP contribution in [-0.2, 0) is 22.3 Å². The summed E-state index contributed by atoms with van der Waals surface area (Å²) in [6.07, 6.45) is -0.287. The van der Waals surface area contributed by atoms with E-state index in [9.17, 15) is 22.8 Å². The van der Waals surface area contributed by atoms with E-state index in [1.807, 2.05) is 0 Å². The molecule has 1 aliphatic rings. The largest absolute Gasteiger partial charge is 0.416 e. The van der Waals surface area contributed by atoms with Crippen molar-refractivity contribution in [2.45, 2.75) is 38.7 Å². The molecule has 3 N–H and O–H groups in total. The first-order valence-electron chi connectivity index (χ1n) is 7.91. The van der Waals surface area contributed by atoms with Crippen LogP contribution in [0, 0.1) is 6.92 Å². The molecule has 6 nitrogen and oxygen atoms in total. The van der Waals surface area contributed by atoms with E-state index >= 15 is 0 Å². The number of carbonyl (C=O) groups is 2. The van der Waals surface area contributed by atoms with Crippen molar-refractivity contribution in [1.82, 2.24) is 16.0 Å². The van der Waals surface area contributed by atoms with E-state index in [1.165, 1.54) is 37.7 Å². The lowest BCUT2D eigenvalue weighted by Crippen LogP contribution is -2.67. The maximum absolute atomic E-state index is 13.0. The van der Waals surface area contributed by atoms with Crippen LogP contribution in [0.4, 0.5) is 13.2 Å². The van der Waals surface area contributed by atoms with E-state index in [0.717, 1.165) is 6.07 Å². The van der Waals surface area contributed by atoms with Crippen LogP contribution in [0.5, 0.6) is 0 Å². The van der Waals surface area contributed by atoms with Crippen LogP contribution in [-0.4, -0.2) is 23.7 Å². The molecule has 9 heteroatoms. The monoisotopic (exact) mass is 368 g/mol. The summed E-state index contributed by atoms with van der Waals surface area (Å²) in [5, 5.41) is 7.81. The number of nitrogens with one attached hydrogen (secondary N) is 3. The predicted molar refractivity (Wildman–Crippen MR) is 90.0 cm³/mol. The van der Waals surface area contributed by atoms with Gasteiger partial charge in [-0.05, 0) is 24.1 Å². The van der Waals surface area contributed by atoms with Gasteiger partial charge < -0.3 is 16.0 Å². The van der Waals surface area contributed by atoms with Crippen molar-refractivity contribution < 1.29 is 22.8 Å². The van der Waals surface area contributed by atoms with Gasteiger partial charge in [0.1, 0.15) is 0 Å². The lowest BCUT2D eigenvalue weighted by Gasteiger charge is -2.31. The molecule has 0 aromatic heterocycles. The third-order valence-electron chi connectivity index (χ3n) is 3.95. The average molecular weight is 368 g/mol. The minimum Gasteiger partial charge on any atom is -0.355 e. The van der Waals surface area contributed by atoms with E-state index in [4.69, 9.17) is 0 Å². The second-order valence-electron chi connectivity index (χ2n) is 5.72. The lowest BCUT2D eigenvalue weighted by atomic mass is 10.0. The van der Waals surface area contributed by atoms with Gasteiger partial charge in [-0.3, -0.25) is 14.6 Å². The van der Waals surface area contributed by atoms with E-state index in [1.54, 1.807) is 6.92 Å². The normalized spacial score (nSPS) is 19.0. The minimum atomic E-state index is -4.47. The van der Waals surface area contributed by atoms with Crippen molar-refractivity contribution in [2.24, 2.45) is 4.99 Å². The lowest BCUT2D eigenvalue weighted by molar-refractivity contribution is -0.138. The summed E-state index contributed by atoms with van der Waals surface area (Å²) in [5.74, 6) is -1.02. The predicted octanol–water partition coefficient (Wildman–Crippen LogP) is 2.00. The standard InChI is InChI=1S/C17H19F3N4O2/c1-3-14(25)24-16(10-21-7-8-23-16)15(26)22-9-12-5-4-6-13(11(12)2)17(18,19)20/h4-8,10,23H,3,9H2,1-2H3,(H,22,26)(H,24,25). The van der Waals surface area contributed by atoms with Crippen molar-refractivity contribution in [3.63, 3.8) is 0 Å². The summed E-state index contributed by atoms with van der Waals surface area (Å²) in [5.41, 5.74) is -1.97. The molecule has 0 spiro atoms. The van der Waals surface area contributed by atoms with Gasteiger partial charge in [-0.15, -0.1) is 0 Å². The first-order chi connectivity index (χ1) is 12.2. The number of carbonyl (C=O) groups excluding carboxylic acids is 2. The molecule has 0 fully saturated rings. The van der Waals surface area contributed by atoms with Gasteiger partial charge >= 0.3 is 6.18 Å². The second kappa shape index (κ2) is 7.59. The van der Waals surface area contributed by atoms with Crippen molar-refractivity contribution in [3.05, 3.63) is 47.3 Å². The molecular weight excluding hydrogens is 349 g/mol. The molecule has 1 aromatic carbocycles. The third-order valence-corrected chi connectivity index (χ3v) is 3.95. The number of hydrogen-bond donors (Lipinski definition) is 3. The zero-order valence-electron chi connectivity index (χ0n) is 14.3. The Morgan fingerprint density at radius 1 is 1.31 bits per heavy atom. The minimum absolute atomic E-state index is 0.0390. The number of halogens is 3. The number of aliphatic imine (C=N–C) groups is 1. The van der Waals surface area contributed by atoms with Gasteiger partial charge in [-0.2, -0.15) is 13.2 Å². The molecular formula is C17H19F3N4O2. The van der Waals surface area contributed by atoms with Gasteiger partial charge in [0.05, 0.1) is 11.8 Å². The molecule has 1 aliphatic heterocycles. The number of benzene rings is 1. The van der Waals surface area contributed by atoms with Gasteiger partial charge in [0.25, 0.3) is 5.91 Å². The Labute approximate surface area is 148 Å². The van der Waals surface area contributed by atoms with Crippen LogP contribution in [0.15, 0.2) is 35.6 Å². The smallest absolute Gasteiger partial charge is 0.355 e. The Bertz CT molecular complexity index is 759. The molecule has 1 atom stereocenters. The molecule has 0 saturated heterocycles. The summed E-state index contributed by atoms with van der Waals surface area (Å²) in [7, 11) is 0. The van der Waals surface area contributed by atoms with Crippen molar-refractivity contribution in [2.75, 3.05) is 0 Å². The van der Waals surface area contributed by atoms with E-state index in [2.05, 4.69) is 20.9 Å². The fourth-order valence-electron chi connectivity index (χ4n) is 2.46. The van der Waals surface area contributed by atoms with Crippen LogP contribution in [0.3, 0.4) is 0 Å². The highest BCUT2D eigenvalue weighted by atomic mass is 19.4. The van der Waals surface area contributed by atoms with Crippen LogP contribution in [0.25, 0.3) is 0 Å². The Morgan fingerprint density at radius 3 is 2.62 bits per heavy atom. The molecule has 0 bridgehead atoms. The van der Waals surface area contributed by atoms with Crippen LogP contribution in [0.2, 0.25) is 0 Å².